The number of hydrogen-bond acceptors (Lipinski definition) is 3. The van der Waals surface area contributed by atoms with Crippen LogP contribution in [0.3, 0.4) is 0 Å². The monoisotopic (exact) mass is 228 g/mol. The molecular weight excluding hydrogens is 212 g/mol. The van der Waals surface area contributed by atoms with Crippen LogP contribution in [0.4, 0.5) is 5.69 Å². The van der Waals surface area contributed by atoms with E-state index in [1.54, 1.807) is 0 Å². The summed E-state index contributed by atoms with van der Waals surface area (Å²) in [4.78, 5) is 0. The van der Waals surface area contributed by atoms with Gasteiger partial charge in [-0.15, -0.1) is 0 Å². The molecule has 0 aliphatic heterocycles. The van der Waals surface area contributed by atoms with Gasteiger partial charge in [0.15, 0.2) is 0 Å². The minimum Gasteiger partial charge on any atom is -0.489 e. The topological polar surface area (TPSA) is 61.3 Å². The smallest absolute Gasteiger partial charge is 0.119 e. The lowest BCUT2D eigenvalue weighted by Crippen LogP contribution is -2.03. The number of nitrogens with two attached hydrogens (primary N) is 2. The van der Waals surface area contributed by atoms with Crippen molar-refractivity contribution in [3.63, 3.8) is 0 Å². The molecule has 0 bridgehead atoms. The average molecular weight is 228 g/mol. The molecule has 0 fully saturated rings. The molecule has 0 spiro atoms. The van der Waals surface area contributed by atoms with Crippen molar-refractivity contribution in [1.82, 2.24) is 0 Å². The van der Waals surface area contributed by atoms with E-state index in [1.807, 2.05) is 48.5 Å². The first kappa shape index (κ1) is 11.5. The Morgan fingerprint density at radius 2 is 1.76 bits per heavy atom. The second-order valence-corrected chi connectivity index (χ2v) is 3.84. The molecule has 2 aromatic rings. The van der Waals surface area contributed by atoms with Crippen molar-refractivity contribution < 1.29 is 4.74 Å². The fourth-order valence-corrected chi connectivity index (χ4v) is 1.61. The number of hydrogen-bond donors (Lipinski definition) is 2. The van der Waals surface area contributed by atoms with Gasteiger partial charge in [0, 0.05) is 12.2 Å². The number of benzene rings is 2. The van der Waals surface area contributed by atoms with E-state index >= 15 is 0 Å². The molecule has 3 heteroatoms. The quantitative estimate of drug-likeness (QED) is 0.789. The molecule has 0 atom stereocenters. The molecule has 0 aliphatic carbocycles. The van der Waals surface area contributed by atoms with E-state index in [4.69, 9.17) is 16.2 Å². The van der Waals surface area contributed by atoms with Gasteiger partial charge in [-0.3, -0.25) is 0 Å². The summed E-state index contributed by atoms with van der Waals surface area (Å²) in [6.45, 7) is 0.975. The third-order valence-corrected chi connectivity index (χ3v) is 2.58. The summed E-state index contributed by atoms with van der Waals surface area (Å²) in [7, 11) is 0. The molecule has 88 valence electrons. The van der Waals surface area contributed by atoms with E-state index in [2.05, 4.69) is 0 Å². The van der Waals surface area contributed by atoms with Gasteiger partial charge in [0.1, 0.15) is 12.4 Å². The molecule has 0 unspecified atom stereocenters. The Morgan fingerprint density at radius 3 is 2.47 bits per heavy atom. The van der Waals surface area contributed by atoms with Crippen molar-refractivity contribution >= 4 is 5.69 Å². The fraction of sp³-hybridized carbons (Fsp3) is 0.143. The Kier molecular flexibility index (Phi) is 3.62. The van der Waals surface area contributed by atoms with Gasteiger partial charge in [0.25, 0.3) is 0 Å². The standard InChI is InChI=1S/C14H16N2O/c15-9-12-8-11(6-7-14(12)16)10-17-13-4-2-1-3-5-13/h1-8H,9-10,15-16H2. The number of anilines is 1. The van der Waals surface area contributed by atoms with Gasteiger partial charge in [-0.1, -0.05) is 24.3 Å². The molecule has 0 saturated carbocycles. The SMILES string of the molecule is NCc1cc(COc2ccccc2)ccc1N. The molecule has 0 aromatic heterocycles. The molecule has 2 aromatic carbocycles. The van der Waals surface area contributed by atoms with E-state index in [0.29, 0.717) is 13.2 Å². The van der Waals surface area contributed by atoms with Gasteiger partial charge in [0.2, 0.25) is 0 Å². The normalized spacial score (nSPS) is 10.2. The summed E-state index contributed by atoms with van der Waals surface area (Å²) in [6, 6.07) is 15.5. The van der Waals surface area contributed by atoms with Crippen LogP contribution in [-0.2, 0) is 13.2 Å². The highest BCUT2D eigenvalue weighted by atomic mass is 16.5. The Hall–Kier alpha value is -2.00. The van der Waals surface area contributed by atoms with Gasteiger partial charge < -0.3 is 16.2 Å². The first-order valence-corrected chi connectivity index (χ1v) is 5.55. The molecule has 3 nitrogen and oxygen atoms in total. The average Bonchev–Trinajstić information content (AvgIpc) is 2.39. The van der Waals surface area contributed by atoms with Crippen molar-refractivity contribution in [3.05, 3.63) is 59.7 Å². The number of nitrogen functional groups attached to an aromatic ring is 1. The third-order valence-electron chi connectivity index (χ3n) is 2.58. The van der Waals surface area contributed by atoms with Crippen LogP contribution < -0.4 is 16.2 Å². The molecule has 0 saturated heterocycles. The molecule has 17 heavy (non-hydrogen) atoms. The van der Waals surface area contributed by atoms with E-state index in [0.717, 1.165) is 22.6 Å². The van der Waals surface area contributed by atoms with Crippen molar-refractivity contribution in [2.75, 3.05) is 5.73 Å². The maximum atomic E-state index is 5.79. The van der Waals surface area contributed by atoms with Crippen LogP contribution in [0.2, 0.25) is 0 Å². The van der Waals surface area contributed by atoms with Crippen LogP contribution in [-0.4, -0.2) is 0 Å². The summed E-state index contributed by atoms with van der Waals surface area (Å²) < 4.78 is 5.65. The van der Waals surface area contributed by atoms with E-state index < -0.39 is 0 Å². The van der Waals surface area contributed by atoms with Crippen molar-refractivity contribution in [3.8, 4) is 5.75 Å². The first-order chi connectivity index (χ1) is 8.29. The third kappa shape index (κ3) is 2.98. The van der Waals surface area contributed by atoms with Gasteiger partial charge in [-0.25, -0.2) is 0 Å². The van der Waals surface area contributed by atoms with Gasteiger partial charge >= 0.3 is 0 Å². The minimum atomic E-state index is 0.449. The predicted octanol–water partition coefficient (Wildman–Crippen LogP) is 2.31. The number of rotatable bonds is 4. The lowest BCUT2D eigenvalue weighted by molar-refractivity contribution is 0.306. The molecule has 0 amide bonds. The minimum absolute atomic E-state index is 0.449. The van der Waals surface area contributed by atoms with Crippen molar-refractivity contribution in [1.29, 1.82) is 0 Å². The van der Waals surface area contributed by atoms with Crippen molar-refractivity contribution in [2.45, 2.75) is 13.2 Å². The largest absolute Gasteiger partial charge is 0.489 e. The first-order valence-electron chi connectivity index (χ1n) is 5.55. The number of para-hydroxylation sites is 1. The summed E-state index contributed by atoms with van der Waals surface area (Å²) in [5, 5.41) is 0. The number of ether oxygens (including phenoxy) is 1. The van der Waals surface area contributed by atoms with Gasteiger partial charge in [-0.2, -0.15) is 0 Å². The highest BCUT2D eigenvalue weighted by Crippen LogP contribution is 2.16. The van der Waals surface area contributed by atoms with E-state index in [-0.39, 0.29) is 0 Å². The Morgan fingerprint density at radius 1 is 1.00 bits per heavy atom. The molecular formula is C14H16N2O. The molecule has 0 aliphatic rings. The zero-order valence-corrected chi connectivity index (χ0v) is 9.60. The second kappa shape index (κ2) is 5.37. The lowest BCUT2D eigenvalue weighted by Gasteiger charge is -2.08. The highest BCUT2D eigenvalue weighted by Gasteiger charge is 2.00. The fourth-order valence-electron chi connectivity index (χ4n) is 1.61. The zero-order chi connectivity index (χ0) is 12.1. The highest BCUT2D eigenvalue weighted by molar-refractivity contribution is 5.48. The lowest BCUT2D eigenvalue weighted by atomic mass is 10.1. The molecule has 0 heterocycles. The van der Waals surface area contributed by atoms with E-state index in [1.165, 1.54) is 0 Å². The molecule has 2 rings (SSSR count). The van der Waals surface area contributed by atoms with Crippen molar-refractivity contribution in [2.24, 2.45) is 5.73 Å². The van der Waals surface area contributed by atoms with Crippen LogP contribution in [0, 0.1) is 0 Å². The zero-order valence-electron chi connectivity index (χ0n) is 9.60. The van der Waals surface area contributed by atoms with Gasteiger partial charge in [0.05, 0.1) is 0 Å². The van der Waals surface area contributed by atoms with E-state index in [9.17, 15) is 0 Å². The molecule has 4 N–H and O–H groups in total. The molecule has 0 radical (unpaired) electrons. The predicted molar refractivity (Wildman–Crippen MR) is 69.5 cm³/mol. The Bertz CT molecular complexity index is 483. The Labute approximate surface area is 101 Å². The summed E-state index contributed by atoms with van der Waals surface area (Å²) in [6.07, 6.45) is 0. The van der Waals surface area contributed by atoms with Crippen LogP contribution in [0.25, 0.3) is 0 Å². The van der Waals surface area contributed by atoms with Crippen LogP contribution >= 0.6 is 0 Å². The second-order valence-electron chi connectivity index (χ2n) is 3.84. The van der Waals surface area contributed by atoms with Crippen LogP contribution in [0.1, 0.15) is 11.1 Å². The maximum Gasteiger partial charge on any atom is 0.119 e. The Balaban J connectivity index is 2.04. The summed E-state index contributed by atoms with van der Waals surface area (Å²) in [5.74, 6) is 0.860. The van der Waals surface area contributed by atoms with Crippen LogP contribution in [0.15, 0.2) is 48.5 Å². The summed E-state index contributed by atoms with van der Waals surface area (Å²) >= 11 is 0. The van der Waals surface area contributed by atoms with Crippen LogP contribution in [0.5, 0.6) is 5.75 Å². The maximum absolute atomic E-state index is 5.79. The van der Waals surface area contributed by atoms with Gasteiger partial charge in [-0.05, 0) is 35.4 Å². The summed E-state index contributed by atoms with van der Waals surface area (Å²) in [5.41, 5.74) is 14.2.